The monoisotopic (exact) mass is 381 g/mol. The van der Waals surface area contributed by atoms with E-state index in [-0.39, 0.29) is 17.5 Å². The lowest BCUT2D eigenvalue weighted by molar-refractivity contribution is -0.153. The Bertz CT molecular complexity index is 764. The molecule has 1 aliphatic heterocycles. The summed E-state index contributed by atoms with van der Waals surface area (Å²) in [5, 5.41) is 3.50. The molecule has 1 heterocycles. The van der Waals surface area contributed by atoms with Crippen LogP contribution in [0.1, 0.15) is 30.0 Å². The summed E-state index contributed by atoms with van der Waals surface area (Å²) in [5.41, 5.74) is 2.01. The van der Waals surface area contributed by atoms with Gasteiger partial charge in [0.05, 0.1) is 13.7 Å². The molecular formula is C20H22F3NO3. The first-order valence-corrected chi connectivity index (χ1v) is 8.78. The van der Waals surface area contributed by atoms with E-state index in [1.165, 1.54) is 13.2 Å². The summed E-state index contributed by atoms with van der Waals surface area (Å²) in [5.74, 6) is 1.25. The number of halogens is 3. The summed E-state index contributed by atoms with van der Waals surface area (Å²) < 4.78 is 52.8. The fourth-order valence-corrected chi connectivity index (χ4v) is 3.08. The van der Waals surface area contributed by atoms with Gasteiger partial charge in [0.15, 0.2) is 18.1 Å². The number of methoxy groups -OCH3 is 1. The number of nitrogens with one attached hydrogen (secondary N) is 1. The van der Waals surface area contributed by atoms with Crippen molar-refractivity contribution in [3.63, 3.8) is 0 Å². The number of hydrogen-bond acceptors (Lipinski definition) is 4. The van der Waals surface area contributed by atoms with Crippen LogP contribution in [0.5, 0.6) is 17.2 Å². The molecule has 7 heteroatoms. The molecule has 2 aromatic rings. The van der Waals surface area contributed by atoms with E-state index in [1.54, 1.807) is 12.1 Å². The van der Waals surface area contributed by atoms with Gasteiger partial charge in [-0.05, 0) is 36.6 Å². The van der Waals surface area contributed by atoms with Crippen LogP contribution in [0.4, 0.5) is 13.2 Å². The molecular weight excluding hydrogens is 359 g/mol. The van der Waals surface area contributed by atoms with Gasteiger partial charge < -0.3 is 19.5 Å². The number of benzene rings is 2. The van der Waals surface area contributed by atoms with Gasteiger partial charge in [-0.3, -0.25) is 0 Å². The van der Waals surface area contributed by atoms with Gasteiger partial charge in [0.2, 0.25) is 0 Å². The second kappa shape index (κ2) is 8.52. The minimum Gasteiger partial charge on any atom is -0.493 e. The van der Waals surface area contributed by atoms with Crippen molar-refractivity contribution in [1.82, 2.24) is 5.32 Å². The molecule has 27 heavy (non-hydrogen) atoms. The van der Waals surface area contributed by atoms with Gasteiger partial charge in [0.25, 0.3) is 0 Å². The fourth-order valence-electron chi connectivity index (χ4n) is 3.08. The van der Waals surface area contributed by atoms with Gasteiger partial charge in [-0.25, -0.2) is 0 Å². The number of alkyl halides is 3. The van der Waals surface area contributed by atoms with Crippen LogP contribution in [0.3, 0.4) is 0 Å². The predicted octanol–water partition coefficient (Wildman–Crippen LogP) is 4.64. The Morgan fingerprint density at radius 1 is 1.15 bits per heavy atom. The Morgan fingerprint density at radius 2 is 1.96 bits per heavy atom. The topological polar surface area (TPSA) is 39.7 Å². The Hall–Kier alpha value is -2.41. The minimum absolute atomic E-state index is 0.0757. The van der Waals surface area contributed by atoms with Crippen LogP contribution in [0, 0.1) is 0 Å². The van der Waals surface area contributed by atoms with Crippen molar-refractivity contribution in [1.29, 1.82) is 0 Å². The molecule has 0 amide bonds. The van der Waals surface area contributed by atoms with Gasteiger partial charge in [0, 0.05) is 18.2 Å². The first kappa shape index (κ1) is 19.4. The van der Waals surface area contributed by atoms with Crippen molar-refractivity contribution in [3.05, 3.63) is 53.6 Å². The summed E-state index contributed by atoms with van der Waals surface area (Å²) >= 11 is 0. The molecule has 1 N–H and O–H groups in total. The Kier molecular flexibility index (Phi) is 6.11. The second-order valence-electron chi connectivity index (χ2n) is 6.35. The molecule has 4 nitrogen and oxygen atoms in total. The summed E-state index contributed by atoms with van der Waals surface area (Å²) in [7, 11) is 1.41. The fraction of sp³-hybridized carbons (Fsp3) is 0.400. The third kappa shape index (κ3) is 5.29. The number of hydrogen-bond donors (Lipinski definition) is 1. The van der Waals surface area contributed by atoms with E-state index in [0.29, 0.717) is 13.2 Å². The molecule has 1 aliphatic rings. The van der Waals surface area contributed by atoms with Crippen LogP contribution in [-0.2, 0) is 6.54 Å². The van der Waals surface area contributed by atoms with Gasteiger partial charge in [-0.1, -0.05) is 24.3 Å². The summed E-state index contributed by atoms with van der Waals surface area (Å²) in [6, 6.07) is 13.0. The largest absolute Gasteiger partial charge is 0.493 e. The van der Waals surface area contributed by atoms with Gasteiger partial charge in [-0.2, -0.15) is 13.2 Å². The molecule has 0 fully saturated rings. The highest BCUT2D eigenvalue weighted by atomic mass is 19.4. The maximum absolute atomic E-state index is 12.4. The van der Waals surface area contributed by atoms with E-state index >= 15 is 0 Å². The maximum Gasteiger partial charge on any atom is 0.422 e. The first-order chi connectivity index (χ1) is 13.0. The average molecular weight is 381 g/mol. The Morgan fingerprint density at radius 3 is 2.74 bits per heavy atom. The molecule has 2 aromatic carbocycles. The molecule has 3 rings (SSSR count). The lowest BCUT2D eigenvalue weighted by Crippen LogP contribution is -2.21. The highest BCUT2D eigenvalue weighted by Crippen LogP contribution is 2.33. The van der Waals surface area contributed by atoms with E-state index in [2.05, 4.69) is 5.32 Å². The quantitative estimate of drug-likeness (QED) is 0.791. The molecule has 0 aromatic heterocycles. The van der Waals surface area contributed by atoms with Crippen molar-refractivity contribution in [2.24, 2.45) is 0 Å². The zero-order chi connectivity index (χ0) is 19.3. The molecule has 0 bridgehead atoms. The number of ether oxygens (including phenoxy) is 3. The van der Waals surface area contributed by atoms with Crippen molar-refractivity contribution in [3.8, 4) is 17.2 Å². The second-order valence-corrected chi connectivity index (χ2v) is 6.35. The molecule has 1 atom stereocenters. The van der Waals surface area contributed by atoms with Gasteiger partial charge in [0.1, 0.15) is 5.75 Å². The number of fused-ring (bicyclic) bond motifs is 1. The van der Waals surface area contributed by atoms with Crippen molar-refractivity contribution < 1.29 is 27.4 Å². The van der Waals surface area contributed by atoms with E-state index in [1.807, 2.05) is 24.3 Å². The first-order valence-electron chi connectivity index (χ1n) is 8.78. The lowest BCUT2D eigenvalue weighted by atomic mass is 10.0. The molecule has 146 valence electrons. The van der Waals surface area contributed by atoms with E-state index < -0.39 is 12.8 Å². The zero-order valence-corrected chi connectivity index (χ0v) is 15.0. The van der Waals surface area contributed by atoms with Crippen molar-refractivity contribution in [2.45, 2.75) is 31.6 Å². The molecule has 0 aliphatic carbocycles. The Balaban J connectivity index is 1.67. The van der Waals surface area contributed by atoms with Crippen LogP contribution in [0.15, 0.2) is 42.5 Å². The third-order valence-corrected chi connectivity index (χ3v) is 4.36. The SMILES string of the molecule is COc1cc(CNC2CCCOc3ccccc32)ccc1OCC(F)(F)F. The van der Waals surface area contributed by atoms with Crippen LogP contribution < -0.4 is 19.5 Å². The molecule has 0 saturated carbocycles. The van der Waals surface area contributed by atoms with Crippen molar-refractivity contribution in [2.75, 3.05) is 20.3 Å². The number of rotatable bonds is 6. The zero-order valence-electron chi connectivity index (χ0n) is 15.0. The van der Waals surface area contributed by atoms with Crippen LogP contribution >= 0.6 is 0 Å². The Labute approximate surface area is 156 Å². The summed E-state index contributed by atoms with van der Waals surface area (Å²) in [6.45, 7) is -0.108. The standard InChI is InChI=1S/C20H22F3NO3/c1-25-19-11-14(8-9-18(19)27-13-20(21,22)23)12-24-16-6-4-10-26-17-7-3-2-5-15(16)17/h2-3,5,7-9,11,16,24H,4,6,10,12-13H2,1H3. The smallest absolute Gasteiger partial charge is 0.422 e. The van der Waals surface area contributed by atoms with E-state index in [4.69, 9.17) is 14.2 Å². The van der Waals surface area contributed by atoms with Crippen molar-refractivity contribution >= 4 is 0 Å². The minimum atomic E-state index is -4.39. The highest BCUT2D eigenvalue weighted by Gasteiger charge is 2.29. The summed E-state index contributed by atoms with van der Waals surface area (Å²) in [4.78, 5) is 0. The molecule has 0 saturated heterocycles. The number of para-hydroxylation sites is 1. The molecule has 0 spiro atoms. The van der Waals surface area contributed by atoms with E-state index in [0.717, 1.165) is 29.7 Å². The van der Waals surface area contributed by atoms with Crippen LogP contribution in [-0.4, -0.2) is 26.5 Å². The predicted molar refractivity (Wildman–Crippen MR) is 95.3 cm³/mol. The normalized spacial score (nSPS) is 16.8. The summed E-state index contributed by atoms with van der Waals surface area (Å²) in [6.07, 6.45) is -2.50. The third-order valence-electron chi connectivity index (χ3n) is 4.36. The molecule has 0 radical (unpaired) electrons. The van der Waals surface area contributed by atoms with E-state index in [9.17, 15) is 13.2 Å². The van der Waals surface area contributed by atoms with Gasteiger partial charge in [-0.15, -0.1) is 0 Å². The van der Waals surface area contributed by atoms with Crippen LogP contribution in [0.25, 0.3) is 0 Å². The van der Waals surface area contributed by atoms with Crippen LogP contribution in [0.2, 0.25) is 0 Å². The average Bonchev–Trinajstić information content (AvgIpc) is 2.86. The molecule has 1 unspecified atom stereocenters. The lowest BCUT2D eigenvalue weighted by Gasteiger charge is -2.19. The highest BCUT2D eigenvalue weighted by molar-refractivity contribution is 5.43. The van der Waals surface area contributed by atoms with Gasteiger partial charge >= 0.3 is 6.18 Å². The maximum atomic E-state index is 12.4.